The maximum atomic E-state index is 11.7. The quantitative estimate of drug-likeness (QED) is 0.828. The third-order valence-electron chi connectivity index (χ3n) is 2.53. The van der Waals surface area contributed by atoms with Crippen molar-refractivity contribution in [2.75, 3.05) is 7.05 Å². The van der Waals surface area contributed by atoms with Crippen molar-refractivity contribution >= 4 is 0 Å². The van der Waals surface area contributed by atoms with E-state index in [9.17, 15) is 4.79 Å². The highest BCUT2D eigenvalue weighted by atomic mass is 16.4. The Morgan fingerprint density at radius 1 is 1.47 bits per heavy atom. The number of hydrogen-bond acceptors (Lipinski definition) is 5. The summed E-state index contributed by atoms with van der Waals surface area (Å²) in [7, 11) is 1.80. The first kappa shape index (κ1) is 11.5. The summed E-state index contributed by atoms with van der Waals surface area (Å²) in [5.41, 5.74) is 1.05. The smallest absolute Gasteiger partial charge is 0.253 e. The van der Waals surface area contributed by atoms with Crippen molar-refractivity contribution in [3.63, 3.8) is 0 Å². The second kappa shape index (κ2) is 4.50. The summed E-state index contributed by atoms with van der Waals surface area (Å²) < 4.78 is 5.44. The molecule has 0 bridgehead atoms. The lowest BCUT2D eigenvalue weighted by Gasteiger charge is -2.02. The van der Waals surface area contributed by atoms with E-state index in [1.165, 1.54) is 6.07 Å². The molecule has 0 saturated heterocycles. The van der Waals surface area contributed by atoms with E-state index in [0.717, 1.165) is 5.69 Å². The minimum absolute atomic E-state index is 0.0409. The average Bonchev–Trinajstić information content (AvgIpc) is 2.77. The van der Waals surface area contributed by atoms with Gasteiger partial charge in [-0.05, 0) is 20.9 Å². The predicted molar refractivity (Wildman–Crippen MR) is 62.6 cm³/mol. The van der Waals surface area contributed by atoms with Crippen molar-refractivity contribution in [3.8, 4) is 11.5 Å². The SMILES string of the molecule is CNC(C)c1nnc(-c2c[nH]c(C)cc2=O)o1. The van der Waals surface area contributed by atoms with Crippen LogP contribution in [0, 0.1) is 6.92 Å². The van der Waals surface area contributed by atoms with Gasteiger partial charge in [-0.3, -0.25) is 4.79 Å². The van der Waals surface area contributed by atoms with Crippen LogP contribution in [0.5, 0.6) is 0 Å². The van der Waals surface area contributed by atoms with Crippen molar-refractivity contribution in [2.45, 2.75) is 19.9 Å². The standard InChI is InChI=1S/C11H14N4O2/c1-6-4-9(16)8(5-13-6)11-15-14-10(17-11)7(2)12-3/h4-5,7,12H,1-3H3,(H,13,16). The lowest BCUT2D eigenvalue weighted by atomic mass is 10.2. The first-order chi connectivity index (χ1) is 8.11. The Bertz CT molecular complexity index is 573. The van der Waals surface area contributed by atoms with Gasteiger partial charge in [-0.15, -0.1) is 10.2 Å². The minimum atomic E-state index is -0.131. The van der Waals surface area contributed by atoms with Gasteiger partial charge in [0, 0.05) is 18.0 Å². The Hall–Kier alpha value is -1.95. The molecule has 0 fully saturated rings. The highest BCUT2D eigenvalue weighted by molar-refractivity contribution is 5.50. The van der Waals surface area contributed by atoms with Crippen LogP contribution in [0.4, 0.5) is 0 Å². The Morgan fingerprint density at radius 3 is 2.88 bits per heavy atom. The topological polar surface area (TPSA) is 83.8 Å². The van der Waals surface area contributed by atoms with Crippen LogP contribution in [0.25, 0.3) is 11.5 Å². The number of nitrogens with zero attached hydrogens (tertiary/aromatic N) is 2. The Morgan fingerprint density at radius 2 is 2.24 bits per heavy atom. The van der Waals surface area contributed by atoms with E-state index in [-0.39, 0.29) is 17.4 Å². The Labute approximate surface area is 98.1 Å². The first-order valence-electron chi connectivity index (χ1n) is 5.32. The van der Waals surface area contributed by atoms with Gasteiger partial charge >= 0.3 is 0 Å². The van der Waals surface area contributed by atoms with E-state index < -0.39 is 0 Å². The van der Waals surface area contributed by atoms with Crippen LogP contribution in [-0.4, -0.2) is 22.2 Å². The van der Waals surface area contributed by atoms with Gasteiger partial charge in [-0.2, -0.15) is 0 Å². The molecule has 2 N–H and O–H groups in total. The van der Waals surface area contributed by atoms with Crippen LogP contribution < -0.4 is 10.7 Å². The molecule has 2 rings (SSSR count). The van der Waals surface area contributed by atoms with E-state index >= 15 is 0 Å². The summed E-state index contributed by atoms with van der Waals surface area (Å²) in [4.78, 5) is 14.7. The zero-order chi connectivity index (χ0) is 12.4. The monoisotopic (exact) mass is 234 g/mol. The number of aryl methyl sites for hydroxylation is 1. The normalized spacial score (nSPS) is 12.6. The Balaban J connectivity index is 2.40. The third-order valence-corrected chi connectivity index (χ3v) is 2.53. The number of pyridine rings is 1. The molecule has 2 aromatic heterocycles. The zero-order valence-corrected chi connectivity index (χ0v) is 9.94. The van der Waals surface area contributed by atoms with E-state index in [4.69, 9.17) is 4.42 Å². The molecule has 0 radical (unpaired) electrons. The lowest BCUT2D eigenvalue weighted by Crippen LogP contribution is -2.12. The molecule has 0 spiro atoms. The molecule has 0 saturated carbocycles. The fourth-order valence-electron chi connectivity index (χ4n) is 1.38. The minimum Gasteiger partial charge on any atom is -0.419 e. The molecule has 0 amide bonds. The van der Waals surface area contributed by atoms with Crippen LogP contribution >= 0.6 is 0 Å². The largest absolute Gasteiger partial charge is 0.419 e. The van der Waals surface area contributed by atoms with Gasteiger partial charge in [-0.1, -0.05) is 0 Å². The highest BCUT2D eigenvalue weighted by Crippen LogP contribution is 2.16. The summed E-state index contributed by atoms with van der Waals surface area (Å²) in [6.45, 7) is 3.71. The van der Waals surface area contributed by atoms with Gasteiger partial charge in [0.1, 0.15) is 5.56 Å². The van der Waals surface area contributed by atoms with Gasteiger partial charge in [0.05, 0.1) is 6.04 Å². The second-order valence-corrected chi connectivity index (χ2v) is 3.85. The number of hydrogen-bond donors (Lipinski definition) is 2. The second-order valence-electron chi connectivity index (χ2n) is 3.85. The molecule has 90 valence electrons. The van der Waals surface area contributed by atoms with Gasteiger partial charge in [0.15, 0.2) is 5.43 Å². The molecular formula is C11H14N4O2. The summed E-state index contributed by atoms with van der Waals surface area (Å²) >= 11 is 0. The molecule has 0 aliphatic rings. The van der Waals surface area contributed by atoms with E-state index in [1.807, 2.05) is 13.8 Å². The molecule has 1 unspecified atom stereocenters. The number of rotatable bonds is 3. The Kier molecular flexibility index (Phi) is 3.06. The molecule has 6 nitrogen and oxygen atoms in total. The maximum Gasteiger partial charge on any atom is 0.253 e. The number of aromatic nitrogens is 3. The summed E-state index contributed by atoms with van der Waals surface area (Å²) in [5, 5.41) is 10.8. The molecule has 0 aliphatic carbocycles. The molecule has 2 heterocycles. The molecular weight excluding hydrogens is 220 g/mol. The maximum absolute atomic E-state index is 11.7. The summed E-state index contributed by atoms with van der Waals surface area (Å²) in [6.07, 6.45) is 1.58. The van der Waals surface area contributed by atoms with Crippen LogP contribution in [0.3, 0.4) is 0 Å². The zero-order valence-electron chi connectivity index (χ0n) is 9.94. The molecule has 6 heteroatoms. The third kappa shape index (κ3) is 2.26. The van der Waals surface area contributed by atoms with Crippen molar-refractivity contribution < 1.29 is 4.42 Å². The van der Waals surface area contributed by atoms with Crippen LogP contribution in [-0.2, 0) is 0 Å². The fourth-order valence-corrected chi connectivity index (χ4v) is 1.38. The van der Waals surface area contributed by atoms with Gasteiger partial charge in [0.25, 0.3) is 5.89 Å². The van der Waals surface area contributed by atoms with Crippen LogP contribution in [0.2, 0.25) is 0 Å². The van der Waals surface area contributed by atoms with Crippen molar-refractivity contribution in [1.82, 2.24) is 20.5 Å². The molecule has 17 heavy (non-hydrogen) atoms. The molecule has 0 aliphatic heterocycles. The van der Waals surface area contributed by atoms with Crippen molar-refractivity contribution in [2.24, 2.45) is 0 Å². The summed E-state index contributed by atoms with van der Waals surface area (Å²) in [6, 6.07) is 1.46. The number of aromatic amines is 1. The van der Waals surface area contributed by atoms with E-state index in [2.05, 4.69) is 20.5 Å². The molecule has 1 atom stereocenters. The number of H-pyrrole nitrogens is 1. The van der Waals surface area contributed by atoms with Crippen LogP contribution in [0.1, 0.15) is 24.6 Å². The van der Waals surface area contributed by atoms with Gasteiger partial charge < -0.3 is 14.7 Å². The highest BCUT2D eigenvalue weighted by Gasteiger charge is 2.15. The number of nitrogens with one attached hydrogen (secondary N) is 2. The fraction of sp³-hybridized carbons (Fsp3) is 0.364. The summed E-state index contributed by atoms with van der Waals surface area (Å²) in [5.74, 6) is 0.700. The van der Waals surface area contributed by atoms with E-state index in [1.54, 1.807) is 13.2 Å². The van der Waals surface area contributed by atoms with Gasteiger partial charge in [0.2, 0.25) is 5.89 Å². The van der Waals surface area contributed by atoms with Crippen molar-refractivity contribution in [3.05, 3.63) is 34.1 Å². The predicted octanol–water partition coefficient (Wildman–Crippen LogP) is 1.01. The molecule has 0 aromatic carbocycles. The average molecular weight is 234 g/mol. The molecule has 2 aromatic rings. The van der Waals surface area contributed by atoms with Crippen LogP contribution in [0.15, 0.2) is 21.5 Å². The first-order valence-corrected chi connectivity index (χ1v) is 5.32. The lowest BCUT2D eigenvalue weighted by molar-refractivity contribution is 0.441. The van der Waals surface area contributed by atoms with Gasteiger partial charge in [-0.25, -0.2) is 0 Å². The van der Waals surface area contributed by atoms with Crippen molar-refractivity contribution in [1.29, 1.82) is 0 Å². The van der Waals surface area contributed by atoms with E-state index in [0.29, 0.717) is 11.5 Å².